The maximum absolute atomic E-state index is 5.93. The van der Waals surface area contributed by atoms with Gasteiger partial charge in [0.25, 0.3) is 0 Å². The molecule has 0 fully saturated rings. The average molecular weight is 534 g/mol. The zero-order chi connectivity index (χ0) is 23.6. The second kappa shape index (κ2) is 13.2. The van der Waals surface area contributed by atoms with E-state index in [9.17, 15) is 0 Å². The second-order valence-corrected chi connectivity index (χ2v) is 10.8. The van der Waals surface area contributed by atoms with E-state index in [1.165, 1.54) is 49.2 Å². The molecule has 6 nitrogen and oxygen atoms in total. The van der Waals surface area contributed by atoms with Gasteiger partial charge in [-0.1, -0.05) is 48.9 Å². The first-order chi connectivity index (χ1) is 16.6. The first-order valence-corrected chi connectivity index (χ1v) is 13.7. The quantitative estimate of drug-likeness (QED) is 0.172. The van der Waals surface area contributed by atoms with Crippen molar-refractivity contribution in [3.63, 3.8) is 0 Å². The first-order valence-electron chi connectivity index (χ1n) is 11.3. The Morgan fingerprint density at radius 1 is 0.559 bits per heavy atom. The number of rotatable bonds is 13. The molecule has 0 saturated carbocycles. The summed E-state index contributed by atoms with van der Waals surface area (Å²) in [6, 6.07) is 15.4. The third-order valence-electron chi connectivity index (χ3n) is 5.15. The molecule has 10 heteroatoms. The Labute approximate surface area is 218 Å². The normalized spacial score (nSPS) is 11.2. The van der Waals surface area contributed by atoms with Crippen LogP contribution in [-0.2, 0) is 12.8 Å². The van der Waals surface area contributed by atoms with Crippen molar-refractivity contribution in [1.82, 2.24) is 30.4 Å². The average Bonchev–Trinajstić information content (AvgIpc) is 3.48. The van der Waals surface area contributed by atoms with E-state index in [1.807, 2.05) is 48.5 Å². The topological polar surface area (TPSA) is 83.1 Å². The molecule has 0 aliphatic carbocycles. The molecule has 0 spiro atoms. The van der Waals surface area contributed by atoms with Crippen LogP contribution in [0.1, 0.15) is 50.2 Å². The van der Waals surface area contributed by atoms with E-state index < -0.39 is 0 Å². The highest BCUT2D eigenvalue weighted by Crippen LogP contribution is 2.27. The molecule has 2 aromatic carbocycles. The largest absolute Gasteiger partial charge is 0.262 e. The molecule has 0 saturated heterocycles. The molecule has 0 atom stereocenters. The van der Waals surface area contributed by atoms with Crippen molar-refractivity contribution in [3.8, 4) is 0 Å². The number of aryl methyl sites for hydroxylation is 2. The van der Waals surface area contributed by atoms with Crippen LogP contribution in [0.4, 0.5) is 0 Å². The van der Waals surface area contributed by atoms with Crippen molar-refractivity contribution in [2.75, 3.05) is 0 Å². The van der Waals surface area contributed by atoms with E-state index in [2.05, 4.69) is 30.4 Å². The number of hydrogen-bond acceptors (Lipinski definition) is 6. The van der Waals surface area contributed by atoms with Crippen LogP contribution in [0.2, 0.25) is 10.0 Å². The Morgan fingerprint density at radius 3 is 1.35 bits per heavy atom. The third kappa shape index (κ3) is 8.34. The van der Waals surface area contributed by atoms with Gasteiger partial charge in [-0.25, -0.2) is 9.97 Å². The predicted octanol–water partition coefficient (Wildman–Crippen LogP) is 7.66. The number of H-pyrrole nitrogens is 2. The molecule has 0 amide bonds. The summed E-state index contributed by atoms with van der Waals surface area (Å²) in [7, 11) is 0. The van der Waals surface area contributed by atoms with Gasteiger partial charge in [0.2, 0.25) is 10.3 Å². The minimum atomic E-state index is 0.733. The fraction of sp³-hybridized carbons (Fsp3) is 0.333. The lowest BCUT2D eigenvalue weighted by atomic mass is 10.1. The fourth-order valence-electron chi connectivity index (χ4n) is 3.38. The van der Waals surface area contributed by atoms with Crippen molar-refractivity contribution in [2.45, 2.75) is 71.5 Å². The van der Waals surface area contributed by atoms with Crippen molar-refractivity contribution in [3.05, 3.63) is 70.2 Å². The standard InChI is InChI=1S/C24H26Cl2N6S2/c25-17-9-13-19(14-10-17)33-23-27-21(29-31-23)7-5-3-1-2-4-6-8-22-28-24(32-30-22)34-20-15-11-18(26)12-16-20/h9-16H,1-8H2,(H,27,29,31)(H,28,30,32). The lowest BCUT2D eigenvalue weighted by Gasteiger charge is -2.00. The number of unbranched alkanes of at least 4 members (excludes halogenated alkanes) is 5. The van der Waals surface area contributed by atoms with Crippen molar-refractivity contribution in [1.29, 1.82) is 0 Å². The van der Waals surface area contributed by atoms with Crippen LogP contribution in [0.15, 0.2) is 68.6 Å². The van der Waals surface area contributed by atoms with E-state index in [-0.39, 0.29) is 0 Å². The molecular formula is C24H26Cl2N6S2. The van der Waals surface area contributed by atoms with Crippen molar-refractivity contribution < 1.29 is 0 Å². The van der Waals surface area contributed by atoms with Gasteiger partial charge in [-0.3, -0.25) is 10.2 Å². The predicted molar refractivity (Wildman–Crippen MR) is 139 cm³/mol. The first kappa shape index (κ1) is 25.1. The smallest absolute Gasteiger partial charge is 0.213 e. The Kier molecular flexibility index (Phi) is 9.74. The van der Waals surface area contributed by atoms with Gasteiger partial charge in [0, 0.05) is 32.7 Å². The number of halogens is 2. The molecular weight excluding hydrogens is 507 g/mol. The van der Waals surface area contributed by atoms with Gasteiger partial charge in [0.15, 0.2) is 0 Å². The second-order valence-electron chi connectivity index (χ2n) is 7.86. The summed E-state index contributed by atoms with van der Waals surface area (Å²) in [5, 5.41) is 17.7. The number of nitrogens with zero attached hydrogens (tertiary/aromatic N) is 4. The van der Waals surface area contributed by atoms with Crippen molar-refractivity contribution in [2.24, 2.45) is 0 Å². The zero-order valence-corrected chi connectivity index (χ0v) is 21.8. The van der Waals surface area contributed by atoms with Gasteiger partial charge >= 0.3 is 0 Å². The lowest BCUT2D eigenvalue weighted by Crippen LogP contribution is -1.91. The fourth-order valence-corrected chi connectivity index (χ4v) is 5.09. The highest BCUT2D eigenvalue weighted by atomic mass is 35.5. The summed E-state index contributed by atoms with van der Waals surface area (Å²) in [5.41, 5.74) is 0. The Morgan fingerprint density at radius 2 is 0.941 bits per heavy atom. The number of aromatic nitrogens is 6. The van der Waals surface area contributed by atoms with Crippen LogP contribution >= 0.6 is 46.7 Å². The number of benzene rings is 2. The Balaban J connectivity index is 1.05. The molecule has 178 valence electrons. The van der Waals surface area contributed by atoms with Gasteiger partial charge in [-0.05, 0) is 84.9 Å². The molecule has 2 aromatic heterocycles. The van der Waals surface area contributed by atoms with Crippen LogP contribution < -0.4 is 0 Å². The molecule has 0 unspecified atom stereocenters. The highest BCUT2D eigenvalue weighted by molar-refractivity contribution is 7.99. The summed E-state index contributed by atoms with van der Waals surface area (Å²) in [6.07, 6.45) is 8.96. The summed E-state index contributed by atoms with van der Waals surface area (Å²) in [4.78, 5) is 11.3. The minimum absolute atomic E-state index is 0.733. The maximum Gasteiger partial charge on any atom is 0.213 e. The van der Waals surface area contributed by atoms with E-state index in [0.717, 1.165) is 67.5 Å². The molecule has 2 N–H and O–H groups in total. The molecule has 0 aliphatic rings. The summed E-state index contributed by atoms with van der Waals surface area (Å²) in [6.45, 7) is 0. The Hall–Kier alpha value is -2.00. The van der Waals surface area contributed by atoms with Crippen LogP contribution in [-0.4, -0.2) is 30.4 Å². The molecule has 0 radical (unpaired) electrons. The van der Waals surface area contributed by atoms with Crippen LogP contribution in [0.25, 0.3) is 0 Å². The van der Waals surface area contributed by atoms with Crippen LogP contribution in [0, 0.1) is 0 Å². The summed E-state index contributed by atoms with van der Waals surface area (Å²) in [5.74, 6) is 1.91. The van der Waals surface area contributed by atoms with Gasteiger partial charge in [-0.2, -0.15) is 0 Å². The van der Waals surface area contributed by atoms with Crippen LogP contribution in [0.5, 0.6) is 0 Å². The highest BCUT2D eigenvalue weighted by Gasteiger charge is 2.07. The summed E-state index contributed by atoms with van der Waals surface area (Å²) < 4.78 is 0. The third-order valence-corrected chi connectivity index (χ3v) is 7.40. The number of nitrogens with one attached hydrogen (secondary N) is 2. The molecule has 4 rings (SSSR count). The molecule has 2 heterocycles. The molecule has 0 bridgehead atoms. The van der Waals surface area contributed by atoms with Gasteiger partial charge in [0.1, 0.15) is 11.6 Å². The maximum atomic E-state index is 5.93. The monoisotopic (exact) mass is 532 g/mol. The number of hydrogen-bond donors (Lipinski definition) is 2. The zero-order valence-electron chi connectivity index (χ0n) is 18.6. The molecule has 4 aromatic rings. The van der Waals surface area contributed by atoms with Gasteiger partial charge in [-0.15, -0.1) is 10.2 Å². The Bertz CT molecular complexity index is 1050. The molecule has 34 heavy (non-hydrogen) atoms. The number of aromatic amines is 2. The van der Waals surface area contributed by atoms with E-state index >= 15 is 0 Å². The van der Waals surface area contributed by atoms with Crippen LogP contribution in [0.3, 0.4) is 0 Å². The van der Waals surface area contributed by atoms with E-state index in [1.54, 1.807) is 0 Å². The van der Waals surface area contributed by atoms with E-state index in [0.29, 0.717) is 0 Å². The molecule has 0 aliphatic heterocycles. The SMILES string of the molecule is Clc1ccc(Sc2n[nH]c(CCCCCCCCc3nc(Sc4ccc(Cl)cc4)n[nH]3)n2)cc1. The minimum Gasteiger partial charge on any atom is -0.262 e. The summed E-state index contributed by atoms with van der Waals surface area (Å²) >= 11 is 14.9. The van der Waals surface area contributed by atoms with Crippen molar-refractivity contribution >= 4 is 46.7 Å². The van der Waals surface area contributed by atoms with Gasteiger partial charge in [0.05, 0.1) is 0 Å². The van der Waals surface area contributed by atoms with E-state index in [4.69, 9.17) is 23.2 Å². The lowest BCUT2D eigenvalue weighted by molar-refractivity contribution is 0.584. The van der Waals surface area contributed by atoms with Gasteiger partial charge < -0.3 is 0 Å².